The maximum Gasteiger partial charge on any atom is 0.119 e. The molecule has 0 aliphatic heterocycles. The third-order valence-corrected chi connectivity index (χ3v) is 2.94. The summed E-state index contributed by atoms with van der Waals surface area (Å²) in [5.74, 6) is 2.19. The lowest BCUT2D eigenvalue weighted by molar-refractivity contribution is 0.314. The molecule has 0 heterocycles. The van der Waals surface area contributed by atoms with E-state index in [0.29, 0.717) is 0 Å². The molecule has 1 N–H and O–H groups in total. The normalized spacial score (nSPS) is 10.4. The highest BCUT2D eigenvalue weighted by molar-refractivity contribution is 7.98. The van der Waals surface area contributed by atoms with Crippen LogP contribution in [0.5, 0.6) is 5.75 Å². The number of ether oxygens (including phenoxy) is 1. The van der Waals surface area contributed by atoms with Gasteiger partial charge >= 0.3 is 0 Å². The van der Waals surface area contributed by atoms with Gasteiger partial charge in [0.1, 0.15) is 12.4 Å². The van der Waals surface area contributed by atoms with Crippen LogP contribution >= 0.6 is 11.8 Å². The topological polar surface area (TPSA) is 21.3 Å². The van der Waals surface area contributed by atoms with Gasteiger partial charge in [0.05, 0.1) is 0 Å². The minimum Gasteiger partial charge on any atom is -0.492 e. The molecule has 90 valence electrons. The molecule has 0 spiro atoms. The molecule has 16 heavy (non-hydrogen) atoms. The number of aryl methyl sites for hydroxylation is 1. The summed E-state index contributed by atoms with van der Waals surface area (Å²) in [5, 5.41) is 3.37. The molecule has 1 aromatic rings. The van der Waals surface area contributed by atoms with E-state index in [0.717, 1.165) is 25.4 Å². The van der Waals surface area contributed by atoms with Crippen molar-refractivity contribution in [3.05, 3.63) is 29.8 Å². The number of thioether (sulfide) groups is 1. The fraction of sp³-hybridized carbons (Fsp3) is 0.538. The third-order valence-electron chi connectivity index (χ3n) is 2.24. The van der Waals surface area contributed by atoms with Crippen LogP contribution in [-0.4, -0.2) is 31.7 Å². The average Bonchev–Trinajstić information content (AvgIpc) is 2.28. The molecule has 1 rings (SSSR count). The van der Waals surface area contributed by atoms with Crippen molar-refractivity contribution >= 4 is 11.8 Å². The van der Waals surface area contributed by atoms with E-state index in [1.807, 2.05) is 23.9 Å². The van der Waals surface area contributed by atoms with Gasteiger partial charge in [-0.2, -0.15) is 11.8 Å². The molecular formula is C13H21NOS. The molecule has 0 saturated heterocycles. The Morgan fingerprint density at radius 1 is 1.31 bits per heavy atom. The van der Waals surface area contributed by atoms with Gasteiger partial charge in [0.25, 0.3) is 0 Å². The van der Waals surface area contributed by atoms with Crippen molar-refractivity contribution in [2.75, 3.05) is 31.7 Å². The smallest absolute Gasteiger partial charge is 0.119 e. The highest BCUT2D eigenvalue weighted by Crippen LogP contribution is 2.11. The van der Waals surface area contributed by atoms with Crippen LogP contribution in [0.25, 0.3) is 0 Å². The average molecular weight is 239 g/mol. The molecule has 0 aliphatic rings. The first-order valence-electron chi connectivity index (χ1n) is 5.72. The van der Waals surface area contributed by atoms with E-state index in [1.165, 1.54) is 17.7 Å². The number of rotatable bonds is 8. The third kappa shape index (κ3) is 6.03. The van der Waals surface area contributed by atoms with Gasteiger partial charge in [-0.25, -0.2) is 0 Å². The Hall–Kier alpha value is -0.670. The van der Waals surface area contributed by atoms with Crippen LogP contribution in [0.4, 0.5) is 0 Å². The van der Waals surface area contributed by atoms with Crippen LogP contribution in [0.15, 0.2) is 24.3 Å². The van der Waals surface area contributed by atoms with Gasteiger partial charge in [0.15, 0.2) is 0 Å². The highest BCUT2D eigenvalue weighted by atomic mass is 32.2. The van der Waals surface area contributed by atoms with Crippen molar-refractivity contribution in [1.82, 2.24) is 5.32 Å². The summed E-state index contributed by atoms with van der Waals surface area (Å²) in [7, 11) is 0. The zero-order valence-corrected chi connectivity index (χ0v) is 11.0. The summed E-state index contributed by atoms with van der Waals surface area (Å²) in [6, 6.07) is 8.17. The van der Waals surface area contributed by atoms with Gasteiger partial charge in [-0.3, -0.25) is 0 Å². The molecule has 0 aromatic heterocycles. The SMILES string of the molecule is CSCCCNCCOc1cccc(C)c1. The van der Waals surface area contributed by atoms with Crippen LogP contribution in [0.3, 0.4) is 0 Å². The van der Waals surface area contributed by atoms with E-state index in [-0.39, 0.29) is 0 Å². The summed E-state index contributed by atoms with van der Waals surface area (Å²) in [6.07, 6.45) is 3.37. The maximum atomic E-state index is 5.63. The fourth-order valence-electron chi connectivity index (χ4n) is 1.41. The van der Waals surface area contributed by atoms with E-state index >= 15 is 0 Å². The minimum absolute atomic E-state index is 0.739. The molecule has 1 aromatic carbocycles. The van der Waals surface area contributed by atoms with Gasteiger partial charge in [-0.15, -0.1) is 0 Å². The molecule has 0 aliphatic carbocycles. The number of benzene rings is 1. The van der Waals surface area contributed by atoms with Crippen molar-refractivity contribution in [3.8, 4) is 5.75 Å². The van der Waals surface area contributed by atoms with Crippen LogP contribution in [0, 0.1) is 6.92 Å². The number of nitrogens with one attached hydrogen (secondary N) is 1. The van der Waals surface area contributed by atoms with Gasteiger partial charge in [-0.1, -0.05) is 12.1 Å². The Bertz CT molecular complexity index is 291. The molecule has 3 heteroatoms. The second-order valence-electron chi connectivity index (χ2n) is 3.76. The minimum atomic E-state index is 0.739. The summed E-state index contributed by atoms with van der Waals surface area (Å²) in [6.45, 7) is 4.82. The molecule has 0 fully saturated rings. The Morgan fingerprint density at radius 2 is 2.19 bits per heavy atom. The van der Waals surface area contributed by atoms with Crippen molar-refractivity contribution in [3.63, 3.8) is 0 Å². The van der Waals surface area contributed by atoms with Crippen molar-refractivity contribution < 1.29 is 4.74 Å². The lowest BCUT2D eigenvalue weighted by atomic mass is 10.2. The van der Waals surface area contributed by atoms with Crippen molar-refractivity contribution in [1.29, 1.82) is 0 Å². The molecule has 0 atom stereocenters. The van der Waals surface area contributed by atoms with Crippen LogP contribution < -0.4 is 10.1 Å². The standard InChI is InChI=1S/C13H21NOS/c1-12-5-3-6-13(11-12)15-9-8-14-7-4-10-16-2/h3,5-6,11,14H,4,7-10H2,1-2H3. The van der Waals surface area contributed by atoms with Gasteiger partial charge < -0.3 is 10.1 Å². The lowest BCUT2D eigenvalue weighted by Gasteiger charge is -2.07. The predicted molar refractivity (Wildman–Crippen MR) is 72.5 cm³/mol. The van der Waals surface area contributed by atoms with Crippen molar-refractivity contribution in [2.45, 2.75) is 13.3 Å². The number of hydrogen-bond acceptors (Lipinski definition) is 3. The van der Waals surface area contributed by atoms with E-state index in [1.54, 1.807) is 0 Å². The zero-order chi connectivity index (χ0) is 11.6. The monoisotopic (exact) mass is 239 g/mol. The fourth-order valence-corrected chi connectivity index (χ4v) is 1.85. The predicted octanol–water partition coefficient (Wildman–Crippen LogP) is 2.72. The Morgan fingerprint density at radius 3 is 2.94 bits per heavy atom. The van der Waals surface area contributed by atoms with Crippen LogP contribution in [0.1, 0.15) is 12.0 Å². The van der Waals surface area contributed by atoms with Gasteiger partial charge in [0.2, 0.25) is 0 Å². The molecule has 0 bridgehead atoms. The van der Waals surface area contributed by atoms with Gasteiger partial charge in [0, 0.05) is 6.54 Å². The van der Waals surface area contributed by atoms with E-state index in [9.17, 15) is 0 Å². The summed E-state index contributed by atoms with van der Waals surface area (Å²) >= 11 is 1.89. The van der Waals surface area contributed by atoms with E-state index in [4.69, 9.17) is 4.74 Å². The quantitative estimate of drug-likeness (QED) is 0.705. The Balaban J connectivity index is 2.03. The first kappa shape index (κ1) is 13.4. The zero-order valence-electron chi connectivity index (χ0n) is 10.2. The second-order valence-corrected chi connectivity index (χ2v) is 4.75. The Labute approximate surface area is 103 Å². The highest BCUT2D eigenvalue weighted by Gasteiger charge is 1.93. The number of hydrogen-bond donors (Lipinski definition) is 1. The van der Waals surface area contributed by atoms with Crippen LogP contribution in [0.2, 0.25) is 0 Å². The first-order chi connectivity index (χ1) is 7.83. The summed E-state index contributed by atoms with van der Waals surface area (Å²) in [5.41, 5.74) is 1.24. The van der Waals surface area contributed by atoms with E-state index < -0.39 is 0 Å². The summed E-state index contributed by atoms with van der Waals surface area (Å²) < 4.78 is 5.63. The molecule has 0 radical (unpaired) electrons. The lowest BCUT2D eigenvalue weighted by Crippen LogP contribution is -2.22. The first-order valence-corrected chi connectivity index (χ1v) is 7.11. The molecule has 2 nitrogen and oxygen atoms in total. The molecular weight excluding hydrogens is 218 g/mol. The molecule has 0 unspecified atom stereocenters. The second kappa shape index (κ2) is 8.48. The van der Waals surface area contributed by atoms with Gasteiger partial charge in [-0.05, 0) is 49.6 Å². The Kier molecular flexibility index (Phi) is 7.10. The maximum absolute atomic E-state index is 5.63. The van der Waals surface area contributed by atoms with Crippen LogP contribution in [-0.2, 0) is 0 Å². The molecule has 0 amide bonds. The van der Waals surface area contributed by atoms with E-state index in [2.05, 4.69) is 30.6 Å². The van der Waals surface area contributed by atoms with Crippen molar-refractivity contribution in [2.24, 2.45) is 0 Å². The molecule has 0 saturated carbocycles. The summed E-state index contributed by atoms with van der Waals surface area (Å²) in [4.78, 5) is 0. The largest absolute Gasteiger partial charge is 0.492 e.